The predicted molar refractivity (Wildman–Crippen MR) is 69.6 cm³/mol. The number of carbonyl (C=O) groups is 1. The molecule has 1 amide bonds. The summed E-state index contributed by atoms with van der Waals surface area (Å²) in [6, 6.07) is 7.07. The second-order valence-corrected chi connectivity index (χ2v) is 4.98. The molecule has 0 heterocycles. The Labute approximate surface area is 117 Å². The van der Waals surface area contributed by atoms with E-state index in [1.807, 2.05) is 29.6 Å². The maximum Gasteiger partial charge on any atom is 0.401 e. The van der Waals surface area contributed by atoms with Gasteiger partial charge >= 0.3 is 6.18 Å². The molecule has 0 bridgehead atoms. The maximum absolute atomic E-state index is 11.9. The molecule has 2 N–H and O–H groups in total. The van der Waals surface area contributed by atoms with Crippen LogP contribution in [0.25, 0.3) is 0 Å². The normalized spacial score (nSPS) is 13.1. The van der Waals surface area contributed by atoms with Crippen LogP contribution in [0.2, 0.25) is 0 Å². The number of benzene rings is 1. The summed E-state index contributed by atoms with van der Waals surface area (Å²) in [7, 11) is 0. The van der Waals surface area contributed by atoms with Crippen molar-refractivity contribution in [1.29, 1.82) is 0 Å². The number of alkyl halides is 3. The van der Waals surface area contributed by atoms with Gasteiger partial charge in [0.1, 0.15) is 0 Å². The highest BCUT2D eigenvalue weighted by Crippen LogP contribution is 2.16. The summed E-state index contributed by atoms with van der Waals surface area (Å²) < 4.78 is 36.5. The van der Waals surface area contributed by atoms with Crippen LogP contribution >= 0.6 is 15.9 Å². The lowest BCUT2D eigenvalue weighted by molar-refractivity contribution is -0.128. The molecule has 0 fully saturated rings. The molecular weight excluding hydrogens is 325 g/mol. The van der Waals surface area contributed by atoms with Crippen molar-refractivity contribution < 1.29 is 18.0 Å². The molecule has 0 saturated carbocycles. The van der Waals surface area contributed by atoms with Gasteiger partial charge in [0.05, 0.1) is 19.1 Å². The Morgan fingerprint density at radius 1 is 1.32 bits per heavy atom. The van der Waals surface area contributed by atoms with Crippen molar-refractivity contribution in [3.8, 4) is 0 Å². The van der Waals surface area contributed by atoms with E-state index in [1.165, 1.54) is 0 Å². The van der Waals surface area contributed by atoms with Gasteiger partial charge in [-0.3, -0.25) is 4.79 Å². The van der Waals surface area contributed by atoms with E-state index in [2.05, 4.69) is 21.2 Å². The number of carbonyl (C=O) groups excluding carboxylic acids is 1. The van der Waals surface area contributed by atoms with E-state index in [1.54, 1.807) is 6.92 Å². The minimum Gasteiger partial charge on any atom is -0.348 e. The third-order valence-electron chi connectivity index (χ3n) is 2.36. The van der Waals surface area contributed by atoms with Gasteiger partial charge in [0.15, 0.2) is 0 Å². The van der Waals surface area contributed by atoms with Crippen LogP contribution in [0.4, 0.5) is 13.2 Å². The van der Waals surface area contributed by atoms with Crippen molar-refractivity contribution in [2.45, 2.75) is 19.1 Å². The molecule has 0 aromatic heterocycles. The van der Waals surface area contributed by atoms with E-state index < -0.39 is 18.6 Å². The minimum atomic E-state index is -4.31. The Kier molecular flexibility index (Phi) is 5.81. The van der Waals surface area contributed by atoms with Crippen LogP contribution in [0, 0.1) is 0 Å². The summed E-state index contributed by atoms with van der Waals surface area (Å²) in [5.74, 6) is -0.473. The minimum absolute atomic E-state index is 0.256. The summed E-state index contributed by atoms with van der Waals surface area (Å²) >= 11 is 3.29. The van der Waals surface area contributed by atoms with Crippen LogP contribution in [-0.4, -0.2) is 25.2 Å². The van der Waals surface area contributed by atoms with Gasteiger partial charge in [-0.25, -0.2) is 0 Å². The second kappa shape index (κ2) is 6.91. The number of hydrogen-bond donors (Lipinski definition) is 2. The Bertz CT molecular complexity index is 420. The lowest BCUT2D eigenvalue weighted by Gasteiger charge is -2.15. The predicted octanol–water partition coefficient (Wildman–Crippen LogP) is 2.78. The smallest absolute Gasteiger partial charge is 0.348 e. The standard InChI is InChI=1S/C12H14BrF3N2O/c1-8(9-2-4-10(13)5-3-9)18-11(19)6-17-7-12(14,15)16/h2-5,8,17H,6-7H2,1H3,(H,18,19)/t8-/m1/s1. The lowest BCUT2D eigenvalue weighted by atomic mass is 10.1. The number of rotatable bonds is 5. The average Bonchev–Trinajstić information content (AvgIpc) is 2.27. The van der Waals surface area contributed by atoms with E-state index in [0.717, 1.165) is 10.0 Å². The van der Waals surface area contributed by atoms with Crippen molar-refractivity contribution in [3.63, 3.8) is 0 Å². The zero-order chi connectivity index (χ0) is 14.5. The van der Waals surface area contributed by atoms with Crippen LogP contribution in [0.5, 0.6) is 0 Å². The lowest BCUT2D eigenvalue weighted by Crippen LogP contribution is -2.39. The summed E-state index contributed by atoms with van der Waals surface area (Å²) in [5, 5.41) is 4.66. The maximum atomic E-state index is 11.9. The molecule has 0 unspecified atom stereocenters. The molecule has 0 aliphatic rings. The highest BCUT2D eigenvalue weighted by molar-refractivity contribution is 9.10. The first-order chi connectivity index (χ1) is 8.78. The molecule has 19 heavy (non-hydrogen) atoms. The summed E-state index contributed by atoms with van der Waals surface area (Å²) in [6.07, 6.45) is -4.31. The van der Waals surface area contributed by atoms with Crippen molar-refractivity contribution >= 4 is 21.8 Å². The SMILES string of the molecule is C[C@@H](NC(=O)CNCC(F)(F)F)c1ccc(Br)cc1. The Hall–Kier alpha value is -1.08. The van der Waals surface area contributed by atoms with Gasteiger partial charge < -0.3 is 10.6 Å². The molecule has 1 atom stereocenters. The largest absolute Gasteiger partial charge is 0.401 e. The first-order valence-electron chi connectivity index (χ1n) is 5.60. The van der Waals surface area contributed by atoms with E-state index in [0.29, 0.717) is 0 Å². The monoisotopic (exact) mass is 338 g/mol. The van der Waals surface area contributed by atoms with E-state index in [9.17, 15) is 18.0 Å². The highest BCUT2D eigenvalue weighted by atomic mass is 79.9. The third-order valence-corrected chi connectivity index (χ3v) is 2.89. The van der Waals surface area contributed by atoms with Crippen LogP contribution < -0.4 is 10.6 Å². The number of nitrogens with one attached hydrogen (secondary N) is 2. The molecule has 7 heteroatoms. The van der Waals surface area contributed by atoms with E-state index >= 15 is 0 Å². The van der Waals surface area contributed by atoms with Gasteiger partial charge in [-0.1, -0.05) is 28.1 Å². The number of amides is 1. The summed E-state index contributed by atoms with van der Waals surface area (Å²) in [6.45, 7) is 0.234. The first-order valence-corrected chi connectivity index (χ1v) is 6.39. The summed E-state index contributed by atoms with van der Waals surface area (Å²) in [4.78, 5) is 11.4. The van der Waals surface area contributed by atoms with Crippen molar-refractivity contribution in [2.24, 2.45) is 0 Å². The molecule has 1 aromatic carbocycles. The van der Waals surface area contributed by atoms with Gasteiger partial charge in [0.25, 0.3) is 0 Å². The van der Waals surface area contributed by atoms with E-state index in [-0.39, 0.29) is 12.6 Å². The highest BCUT2D eigenvalue weighted by Gasteiger charge is 2.26. The van der Waals surface area contributed by atoms with Gasteiger partial charge in [0.2, 0.25) is 5.91 Å². The molecule has 0 saturated heterocycles. The quantitative estimate of drug-likeness (QED) is 0.866. The molecule has 1 aromatic rings. The van der Waals surface area contributed by atoms with Crippen LogP contribution in [0.1, 0.15) is 18.5 Å². The van der Waals surface area contributed by atoms with Crippen molar-refractivity contribution in [1.82, 2.24) is 10.6 Å². The van der Waals surface area contributed by atoms with Gasteiger partial charge in [-0.05, 0) is 24.6 Å². The van der Waals surface area contributed by atoms with Crippen LogP contribution in [-0.2, 0) is 4.79 Å². The zero-order valence-corrected chi connectivity index (χ0v) is 11.8. The van der Waals surface area contributed by atoms with Gasteiger partial charge in [-0.15, -0.1) is 0 Å². The second-order valence-electron chi connectivity index (χ2n) is 4.06. The molecule has 3 nitrogen and oxygen atoms in total. The van der Waals surface area contributed by atoms with Crippen molar-refractivity contribution in [2.75, 3.05) is 13.1 Å². The van der Waals surface area contributed by atoms with Gasteiger partial charge in [-0.2, -0.15) is 13.2 Å². The van der Waals surface area contributed by atoms with E-state index in [4.69, 9.17) is 0 Å². The summed E-state index contributed by atoms with van der Waals surface area (Å²) in [5.41, 5.74) is 0.882. The van der Waals surface area contributed by atoms with Crippen LogP contribution in [0.15, 0.2) is 28.7 Å². The molecule has 0 spiro atoms. The Morgan fingerprint density at radius 2 is 1.89 bits per heavy atom. The number of hydrogen-bond acceptors (Lipinski definition) is 2. The van der Waals surface area contributed by atoms with Crippen LogP contribution in [0.3, 0.4) is 0 Å². The molecule has 1 rings (SSSR count). The average molecular weight is 339 g/mol. The van der Waals surface area contributed by atoms with Crippen molar-refractivity contribution in [3.05, 3.63) is 34.3 Å². The fraction of sp³-hybridized carbons (Fsp3) is 0.417. The topological polar surface area (TPSA) is 41.1 Å². The fourth-order valence-corrected chi connectivity index (χ4v) is 1.71. The Morgan fingerprint density at radius 3 is 2.42 bits per heavy atom. The molecule has 106 valence electrons. The molecule has 0 radical (unpaired) electrons. The number of halogens is 4. The molecular formula is C12H14BrF3N2O. The first kappa shape index (κ1) is 16.0. The molecule has 0 aliphatic carbocycles. The third kappa shape index (κ3) is 6.58. The van der Waals surface area contributed by atoms with Gasteiger partial charge in [0, 0.05) is 4.47 Å². The zero-order valence-electron chi connectivity index (χ0n) is 10.2. The fourth-order valence-electron chi connectivity index (χ4n) is 1.45. The molecule has 0 aliphatic heterocycles. The Balaban J connectivity index is 2.38.